The van der Waals surface area contributed by atoms with Gasteiger partial charge in [0.1, 0.15) is 5.76 Å². The number of aryl methyl sites for hydroxylation is 3. The minimum absolute atomic E-state index is 0.0376. The lowest BCUT2D eigenvalue weighted by atomic mass is 10.1. The summed E-state index contributed by atoms with van der Waals surface area (Å²) in [5.41, 5.74) is 1.87. The van der Waals surface area contributed by atoms with Crippen molar-refractivity contribution in [3.8, 4) is 0 Å². The van der Waals surface area contributed by atoms with Gasteiger partial charge in [-0.2, -0.15) is 0 Å². The average molecular weight is 265 g/mol. The van der Waals surface area contributed by atoms with Gasteiger partial charge in [0.25, 0.3) is 0 Å². The van der Waals surface area contributed by atoms with Crippen molar-refractivity contribution in [3.63, 3.8) is 0 Å². The highest BCUT2D eigenvalue weighted by Gasteiger charge is 2.11. The van der Waals surface area contributed by atoms with E-state index in [1.807, 2.05) is 20.8 Å². The van der Waals surface area contributed by atoms with Gasteiger partial charge in [0.15, 0.2) is 5.13 Å². The molecular formula is C12H15N3O2S. The molecule has 0 saturated carbocycles. The normalized spacial score (nSPS) is 10.6. The number of hydrogen-bond acceptors (Lipinski definition) is 5. The first-order chi connectivity index (χ1) is 8.56. The predicted octanol–water partition coefficient (Wildman–Crippen LogP) is 2.63. The summed E-state index contributed by atoms with van der Waals surface area (Å²) in [5, 5.41) is 7.30. The number of nitrogens with one attached hydrogen (secondary N) is 1. The lowest BCUT2D eigenvalue weighted by Crippen LogP contribution is -2.12. The van der Waals surface area contributed by atoms with Crippen LogP contribution in [0, 0.1) is 20.8 Å². The maximum absolute atomic E-state index is 11.7. The summed E-state index contributed by atoms with van der Waals surface area (Å²) in [4.78, 5) is 16.9. The smallest absolute Gasteiger partial charge is 0.226 e. The second-order valence-electron chi connectivity index (χ2n) is 4.13. The van der Waals surface area contributed by atoms with Crippen LogP contribution in [0.2, 0.25) is 0 Å². The zero-order chi connectivity index (χ0) is 13.1. The lowest BCUT2D eigenvalue weighted by Gasteiger charge is -2.01. The SMILES string of the molecule is Cc1cnc(NC(=O)CCc2c(C)noc2C)s1. The minimum Gasteiger partial charge on any atom is -0.361 e. The lowest BCUT2D eigenvalue weighted by molar-refractivity contribution is -0.116. The molecule has 1 amide bonds. The summed E-state index contributed by atoms with van der Waals surface area (Å²) >= 11 is 1.47. The minimum atomic E-state index is -0.0376. The van der Waals surface area contributed by atoms with Gasteiger partial charge < -0.3 is 9.84 Å². The van der Waals surface area contributed by atoms with Crippen LogP contribution in [-0.4, -0.2) is 16.0 Å². The Hall–Kier alpha value is -1.69. The highest BCUT2D eigenvalue weighted by Crippen LogP contribution is 2.18. The zero-order valence-electron chi connectivity index (χ0n) is 10.6. The molecule has 2 rings (SSSR count). The van der Waals surface area contributed by atoms with Crippen molar-refractivity contribution in [1.29, 1.82) is 0 Å². The standard InChI is InChI=1S/C12H15N3O2S/c1-7-6-13-12(18-7)14-11(16)5-4-10-8(2)15-17-9(10)3/h6H,4-5H2,1-3H3,(H,13,14,16). The van der Waals surface area contributed by atoms with Crippen LogP contribution >= 0.6 is 11.3 Å². The Morgan fingerprint density at radius 1 is 1.44 bits per heavy atom. The number of anilines is 1. The molecule has 96 valence electrons. The van der Waals surface area contributed by atoms with Gasteiger partial charge in [-0.1, -0.05) is 5.16 Å². The van der Waals surface area contributed by atoms with Gasteiger partial charge in [0.2, 0.25) is 5.91 Å². The molecule has 0 aliphatic heterocycles. The number of carbonyl (C=O) groups excluding carboxylic acids is 1. The van der Waals surface area contributed by atoms with Gasteiger partial charge in [-0.15, -0.1) is 11.3 Å². The Morgan fingerprint density at radius 3 is 2.78 bits per heavy atom. The fraction of sp³-hybridized carbons (Fsp3) is 0.417. The number of carbonyl (C=O) groups is 1. The van der Waals surface area contributed by atoms with E-state index in [4.69, 9.17) is 4.52 Å². The van der Waals surface area contributed by atoms with E-state index in [0.717, 1.165) is 21.9 Å². The van der Waals surface area contributed by atoms with Crippen LogP contribution in [0.15, 0.2) is 10.7 Å². The third-order valence-electron chi connectivity index (χ3n) is 2.65. The second-order valence-corrected chi connectivity index (χ2v) is 5.36. The molecule has 0 atom stereocenters. The third-order valence-corrected chi connectivity index (χ3v) is 3.48. The van der Waals surface area contributed by atoms with E-state index >= 15 is 0 Å². The fourth-order valence-corrected chi connectivity index (χ4v) is 2.37. The van der Waals surface area contributed by atoms with Crippen LogP contribution in [0.4, 0.5) is 5.13 Å². The summed E-state index contributed by atoms with van der Waals surface area (Å²) in [6.07, 6.45) is 2.79. The van der Waals surface area contributed by atoms with E-state index in [1.54, 1.807) is 6.20 Å². The monoisotopic (exact) mass is 265 g/mol. The molecular weight excluding hydrogens is 250 g/mol. The van der Waals surface area contributed by atoms with E-state index in [2.05, 4.69) is 15.5 Å². The molecule has 18 heavy (non-hydrogen) atoms. The molecule has 6 heteroatoms. The first-order valence-electron chi connectivity index (χ1n) is 5.70. The first-order valence-corrected chi connectivity index (χ1v) is 6.52. The molecule has 0 unspecified atom stereocenters. The Bertz CT molecular complexity index is 540. The number of rotatable bonds is 4. The topological polar surface area (TPSA) is 68.0 Å². The molecule has 0 saturated heterocycles. The van der Waals surface area contributed by atoms with Gasteiger partial charge in [-0.3, -0.25) is 4.79 Å². The van der Waals surface area contributed by atoms with Gasteiger partial charge >= 0.3 is 0 Å². The van der Waals surface area contributed by atoms with E-state index < -0.39 is 0 Å². The summed E-state index contributed by atoms with van der Waals surface area (Å²) < 4.78 is 5.06. The Kier molecular flexibility index (Phi) is 3.76. The molecule has 0 radical (unpaired) electrons. The Labute approximate surface area is 109 Å². The quantitative estimate of drug-likeness (QED) is 0.922. The first kappa shape index (κ1) is 12.8. The molecule has 0 fully saturated rings. The van der Waals surface area contributed by atoms with Crippen molar-refractivity contribution < 1.29 is 9.32 Å². The Morgan fingerprint density at radius 2 is 2.22 bits per heavy atom. The van der Waals surface area contributed by atoms with E-state index in [1.165, 1.54) is 11.3 Å². The fourth-order valence-electron chi connectivity index (χ4n) is 1.69. The highest BCUT2D eigenvalue weighted by atomic mass is 32.1. The molecule has 0 aliphatic carbocycles. The zero-order valence-corrected chi connectivity index (χ0v) is 11.4. The largest absolute Gasteiger partial charge is 0.361 e. The van der Waals surface area contributed by atoms with Gasteiger partial charge in [0.05, 0.1) is 5.69 Å². The number of amides is 1. The number of hydrogen-bond donors (Lipinski definition) is 1. The number of aromatic nitrogens is 2. The third kappa shape index (κ3) is 2.95. The van der Waals surface area contributed by atoms with E-state index in [0.29, 0.717) is 18.0 Å². The predicted molar refractivity (Wildman–Crippen MR) is 69.8 cm³/mol. The van der Waals surface area contributed by atoms with Crippen molar-refractivity contribution in [2.24, 2.45) is 0 Å². The summed E-state index contributed by atoms with van der Waals surface area (Å²) in [6.45, 7) is 5.70. The maximum atomic E-state index is 11.7. The van der Waals surface area contributed by atoms with E-state index in [-0.39, 0.29) is 5.91 Å². The molecule has 5 nitrogen and oxygen atoms in total. The van der Waals surface area contributed by atoms with Crippen LogP contribution in [0.5, 0.6) is 0 Å². The van der Waals surface area contributed by atoms with Crippen LogP contribution in [-0.2, 0) is 11.2 Å². The molecule has 1 N–H and O–H groups in total. The average Bonchev–Trinajstić information content (AvgIpc) is 2.84. The molecule has 0 bridgehead atoms. The number of nitrogens with zero attached hydrogens (tertiary/aromatic N) is 2. The van der Waals surface area contributed by atoms with Gasteiger partial charge in [-0.05, 0) is 27.2 Å². The summed E-state index contributed by atoms with van der Waals surface area (Å²) in [5.74, 6) is 0.745. The van der Waals surface area contributed by atoms with Crippen LogP contribution in [0.3, 0.4) is 0 Å². The van der Waals surface area contributed by atoms with Crippen molar-refractivity contribution in [1.82, 2.24) is 10.1 Å². The molecule has 2 aromatic heterocycles. The van der Waals surface area contributed by atoms with Crippen LogP contribution < -0.4 is 5.32 Å². The van der Waals surface area contributed by atoms with Crippen molar-refractivity contribution in [3.05, 3.63) is 28.1 Å². The molecule has 0 aliphatic rings. The number of thiazole rings is 1. The van der Waals surface area contributed by atoms with E-state index in [9.17, 15) is 4.79 Å². The van der Waals surface area contributed by atoms with Crippen molar-refractivity contribution in [2.75, 3.05) is 5.32 Å². The Balaban J connectivity index is 1.89. The summed E-state index contributed by atoms with van der Waals surface area (Å²) in [7, 11) is 0. The maximum Gasteiger partial charge on any atom is 0.226 e. The van der Waals surface area contributed by atoms with Gasteiger partial charge in [0, 0.05) is 23.1 Å². The van der Waals surface area contributed by atoms with Crippen molar-refractivity contribution >= 4 is 22.4 Å². The molecule has 2 heterocycles. The highest BCUT2D eigenvalue weighted by molar-refractivity contribution is 7.15. The van der Waals surface area contributed by atoms with Crippen LogP contribution in [0.25, 0.3) is 0 Å². The molecule has 0 aromatic carbocycles. The second kappa shape index (κ2) is 5.30. The molecule has 2 aromatic rings. The van der Waals surface area contributed by atoms with Crippen molar-refractivity contribution in [2.45, 2.75) is 33.6 Å². The molecule has 0 spiro atoms. The van der Waals surface area contributed by atoms with Gasteiger partial charge in [-0.25, -0.2) is 4.98 Å². The summed E-state index contributed by atoms with van der Waals surface area (Å²) in [6, 6.07) is 0. The van der Waals surface area contributed by atoms with Crippen LogP contribution in [0.1, 0.15) is 28.3 Å².